The molecule has 0 atom stereocenters. The number of rotatable bonds is 1. The van der Waals surface area contributed by atoms with Gasteiger partial charge < -0.3 is 14.6 Å². The molecule has 0 radical (unpaired) electrons. The summed E-state index contributed by atoms with van der Waals surface area (Å²) < 4.78 is 6.62. The van der Waals surface area contributed by atoms with Crippen LogP contribution < -0.4 is 5.32 Å². The molecule has 1 aromatic rings. The maximum Gasteiger partial charge on any atom is 0.358 e. The molecule has 0 fully saturated rings. The molecule has 1 aliphatic rings. The van der Waals surface area contributed by atoms with E-state index < -0.39 is 0 Å². The number of ether oxygens (including phenoxy) is 1. The first kappa shape index (κ1) is 15.2. The van der Waals surface area contributed by atoms with Crippen LogP contribution in [0.1, 0.15) is 16.3 Å². The summed E-state index contributed by atoms with van der Waals surface area (Å²) in [4.78, 5) is 15.4. The number of fused-ring (bicyclic) bond motifs is 1. The zero-order valence-corrected chi connectivity index (χ0v) is 10.6. The molecule has 2 rings (SSSR count). The normalized spacial score (nSPS) is 13.8. The Hall–Kier alpha value is -0.780. The van der Waals surface area contributed by atoms with Gasteiger partial charge in [0.1, 0.15) is 5.82 Å². The van der Waals surface area contributed by atoms with Crippen molar-refractivity contribution < 1.29 is 9.53 Å². The monoisotopic (exact) mass is 267 g/mol. The summed E-state index contributed by atoms with van der Waals surface area (Å²) in [7, 11) is 1.37. The fraction of sp³-hybridized carbons (Fsp3) is 0.556. The van der Waals surface area contributed by atoms with Crippen molar-refractivity contribution in [2.24, 2.45) is 0 Å². The highest BCUT2D eigenvalue weighted by Crippen LogP contribution is 2.07. The largest absolute Gasteiger partial charge is 0.464 e. The average molecular weight is 268 g/mol. The van der Waals surface area contributed by atoms with Gasteiger partial charge in [0.05, 0.1) is 7.11 Å². The van der Waals surface area contributed by atoms with Crippen LogP contribution in [0.4, 0.5) is 0 Å². The van der Waals surface area contributed by atoms with Gasteiger partial charge in [-0.05, 0) is 0 Å². The molecule has 0 amide bonds. The minimum Gasteiger partial charge on any atom is -0.464 e. The summed E-state index contributed by atoms with van der Waals surface area (Å²) in [5.74, 6) is 0.592. The van der Waals surface area contributed by atoms with Crippen molar-refractivity contribution in [3.8, 4) is 0 Å². The summed E-state index contributed by atoms with van der Waals surface area (Å²) in [5, 5.41) is 3.27. The first-order valence-corrected chi connectivity index (χ1v) is 4.66. The summed E-state index contributed by atoms with van der Waals surface area (Å²) in [6, 6.07) is 0. The minimum absolute atomic E-state index is 0. The van der Waals surface area contributed by atoms with E-state index in [0.29, 0.717) is 5.69 Å². The molecule has 1 aliphatic heterocycles. The number of methoxy groups -OCH3 is 1. The summed E-state index contributed by atoms with van der Waals surface area (Å²) in [6.07, 6.45) is 2.62. The van der Waals surface area contributed by atoms with Crippen LogP contribution in [0.25, 0.3) is 0 Å². The van der Waals surface area contributed by atoms with Crippen LogP contribution in [0.3, 0.4) is 0 Å². The van der Waals surface area contributed by atoms with Crippen LogP contribution >= 0.6 is 24.8 Å². The smallest absolute Gasteiger partial charge is 0.358 e. The molecule has 0 unspecified atom stereocenters. The zero-order valence-electron chi connectivity index (χ0n) is 8.93. The standard InChI is InChI=1S/C9H13N3O2.2ClH/c1-14-9(13)7-6-12-5-4-10-3-2-8(12)11-7;;/h6,10H,2-5H2,1H3;2*1H. The van der Waals surface area contributed by atoms with Gasteiger partial charge in [0, 0.05) is 32.3 Å². The quantitative estimate of drug-likeness (QED) is 0.760. The van der Waals surface area contributed by atoms with Crippen LogP contribution in [-0.2, 0) is 17.7 Å². The number of imidazole rings is 1. The van der Waals surface area contributed by atoms with Gasteiger partial charge in [-0.1, -0.05) is 0 Å². The predicted molar refractivity (Wildman–Crippen MR) is 64.6 cm³/mol. The Balaban J connectivity index is 0.00000112. The number of nitrogens with one attached hydrogen (secondary N) is 1. The number of carbonyl (C=O) groups excluding carboxylic acids is 1. The number of nitrogens with zero attached hydrogens (tertiary/aromatic N) is 2. The molecule has 2 heterocycles. The Morgan fingerprint density at radius 3 is 2.94 bits per heavy atom. The maximum absolute atomic E-state index is 11.2. The van der Waals surface area contributed by atoms with E-state index in [-0.39, 0.29) is 30.8 Å². The molecule has 0 aliphatic carbocycles. The van der Waals surface area contributed by atoms with E-state index >= 15 is 0 Å². The van der Waals surface area contributed by atoms with Gasteiger partial charge in [-0.25, -0.2) is 9.78 Å². The molecular formula is C9H15Cl2N3O2. The van der Waals surface area contributed by atoms with Crippen LogP contribution in [-0.4, -0.2) is 35.7 Å². The number of halogens is 2. The highest BCUT2D eigenvalue weighted by atomic mass is 35.5. The van der Waals surface area contributed by atoms with Gasteiger partial charge in [0.25, 0.3) is 0 Å². The predicted octanol–water partition coefficient (Wildman–Crippen LogP) is 0.659. The number of hydrogen-bond donors (Lipinski definition) is 1. The van der Waals surface area contributed by atoms with Gasteiger partial charge in [0.15, 0.2) is 5.69 Å². The molecule has 0 bridgehead atoms. The van der Waals surface area contributed by atoms with Crippen LogP contribution in [0.5, 0.6) is 0 Å². The topological polar surface area (TPSA) is 56.2 Å². The molecule has 1 N–H and O–H groups in total. The molecule has 0 saturated heterocycles. The molecule has 5 nitrogen and oxygen atoms in total. The van der Waals surface area contributed by atoms with E-state index in [0.717, 1.165) is 31.9 Å². The van der Waals surface area contributed by atoms with Crippen molar-refractivity contribution in [2.75, 3.05) is 20.2 Å². The highest BCUT2D eigenvalue weighted by Gasteiger charge is 2.15. The average Bonchev–Trinajstić information content (AvgIpc) is 2.49. The second kappa shape index (κ2) is 6.73. The third-order valence-electron chi connectivity index (χ3n) is 2.31. The SMILES string of the molecule is COC(=O)c1cn2c(n1)CCNCC2.Cl.Cl. The molecule has 0 aromatic carbocycles. The Morgan fingerprint density at radius 1 is 1.50 bits per heavy atom. The Morgan fingerprint density at radius 2 is 2.25 bits per heavy atom. The van der Waals surface area contributed by atoms with Gasteiger partial charge in [0.2, 0.25) is 0 Å². The molecule has 0 saturated carbocycles. The van der Waals surface area contributed by atoms with Crippen LogP contribution in [0, 0.1) is 0 Å². The van der Waals surface area contributed by atoms with Gasteiger partial charge in [-0.3, -0.25) is 0 Å². The molecule has 7 heteroatoms. The van der Waals surface area contributed by atoms with E-state index in [1.165, 1.54) is 7.11 Å². The van der Waals surface area contributed by atoms with Gasteiger partial charge in [-0.15, -0.1) is 24.8 Å². The van der Waals surface area contributed by atoms with E-state index in [2.05, 4.69) is 15.0 Å². The first-order valence-electron chi connectivity index (χ1n) is 4.66. The van der Waals surface area contributed by atoms with E-state index in [9.17, 15) is 4.79 Å². The van der Waals surface area contributed by atoms with Gasteiger partial charge >= 0.3 is 5.97 Å². The third kappa shape index (κ3) is 3.10. The minimum atomic E-state index is -0.362. The lowest BCUT2D eigenvalue weighted by molar-refractivity contribution is 0.0594. The van der Waals surface area contributed by atoms with Crippen LogP contribution in [0.15, 0.2) is 6.20 Å². The summed E-state index contributed by atoms with van der Waals surface area (Å²) >= 11 is 0. The maximum atomic E-state index is 11.2. The lowest BCUT2D eigenvalue weighted by Crippen LogP contribution is -2.17. The van der Waals surface area contributed by atoms with E-state index in [4.69, 9.17) is 0 Å². The zero-order chi connectivity index (χ0) is 9.97. The fourth-order valence-electron chi connectivity index (χ4n) is 1.57. The van der Waals surface area contributed by atoms with Gasteiger partial charge in [-0.2, -0.15) is 0 Å². The molecule has 92 valence electrons. The molecule has 0 spiro atoms. The van der Waals surface area contributed by atoms with Crippen molar-refractivity contribution in [3.63, 3.8) is 0 Å². The Bertz CT molecular complexity index is 331. The number of esters is 1. The van der Waals surface area contributed by atoms with Crippen molar-refractivity contribution in [1.29, 1.82) is 0 Å². The molecule has 16 heavy (non-hydrogen) atoms. The molecule has 1 aromatic heterocycles. The number of aromatic nitrogens is 2. The van der Waals surface area contributed by atoms with Crippen molar-refractivity contribution in [3.05, 3.63) is 17.7 Å². The summed E-state index contributed by atoms with van der Waals surface area (Å²) in [6.45, 7) is 2.70. The van der Waals surface area contributed by atoms with Crippen molar-refractivity contribution in [1.82, 2.24) is 14.9 Å². The van der Waals surface area contributed by atoms with E-state index in [1.807, 2.05) is 4.57 Å². The van der Waals surface area contributed by atoms with Crippen molar-refractivity contribution >= 4 is 30.8 Å². The lowest BCUT2D eigenvalue weighted by Gasteiger charge is -1.99. The second-order valence-corrected chi connectivity index (χ2v) is 3.23. The number of hydrogen-bond acceptors (Lipinski definition) is 4. The summed E-state index contributed by atoms with van der Waals surface area (Å²) in [5.41, 5.74) is 0.407. The molecular weight excluding hydrogens is 253 g/mol. The van der Waals surface area contributed by atoms with Crippen LogP contribution in [0.2, 0.25) is 0 Å². The second-order valence-electron chi connectivity index (χ2n) is 3.23. The first-order chi connectivity index (χ1) is 6.81. The van der Waals surface area contributed by atoms with E-state index in [1.54, 1.807) is 6.20 Å². The highest BCUT2D eigenvalue weighted by molar-refractivity contribution is 5.87. The fourth-order valence-corrected chi connectivity index (χ4v) is 1.57. The number of carbonyl (C=O) groups is 1. The Labute approximate surface area is 106 Å². The van der Waals surface area contributed by atoms with Crippen molar-refractivity contribution in [2.45, 2.75) is 13.0 Å². The third-order valence-corrected chi connectivity index (χ3v) is 2.31. The Kier molecular flexibility index (Phi) is 6.40. The lowest BCUT2D eigenvalue weighted by atomic mass is 10.4.